The van der Waals surface area contributed by atoms with Gasteiger partial charge in [-0.25, -0.2) is 0 Å². The molecule has 0 bridgehead atoms. The minimum Gasteiger partial charge on any atom is -0.393 e. The Labute approximate surface area is 137 Å². The first-order valence-corrected chi connectivity index (χ1v) is 8.42. The molecule has 3 atom stereocenters. The molecule has 124 valence electrons. The van der Waals surface area contributed by atoms with Crippen molar-refractivity contribution in [2.24, 2.45) is 5.92 Å². The van der Waals surface area contributed by atoms with Crippen LogP contribution < -0.4 is 0 Å². The fourth-order valence-electron chi connectivity index (χ4n) is 3.23. The van der Waals surface area contributed by atoms with Crippen molar-refractivity contribution >= 4 is 0 Å². The second-order valence-corrected chi connectivity index (χ2v) is 6.53. The van der Waals surface area contributed by atoms with E-state index >= 15 is 0 Å². The van der Waals surface area contributed by atoms with Crippen LogP contribution in [0.3, 0.4) is 0 Å². The van der Waals surface area contributed by atoms with Crippen LogP contribution in [0.4, 0.5) is 0 Å². The monoisotopic (exact) mass is 315 g/mol. The summed E-state index contributed by atoms with van der Waals surface area (Å²) in [5.74, 6) is 1.72. The number of likely N-dealkylation sites (tertiary alicyclic amines) is 1. The van der Waals surface area contributed by atoms with E-state index in [-0.39, 0.29) is 12.1 Å². The lowest BCUT2D eigenvalue weighted by Gasteiger charge is -2.36. The highest BCUT2D eigenvalue weighted by atomic mass is 16.5. The number of hydrogen-bond acceptors (Lipinski definition) is 5. The first-order chi connectivity index (χ1) is 11.1. The number of aromatic nitrogens is 2. The Morgan fingerprint density at radius 3 is 2.83 bits per heavy atom. The normalized spacial score (nSPS) is 22.0. The fraction of sp³-hybridized carbons (Fsp3) is 0.556. The molecule has 0 saturated carbocycles. The summed E-state index contributed by atoms with van der Waals surface area (Å²) in [5, 5.41) is 14.0. The first kappa shape index (κ1) is 16.1. The molecule has 0 amide bonds. The van der Waals surface area contributed by atoms with Crippen LogP contribution in [0.1, 0.15) is 50.0 Å². The maximum absolute atomic E-state index is 9.84. The zero-order valence-electron chi connectivity index (χ0n) is 13.9. The first-order valence-electron chi connectivity index (χ1n) is 8.42. The number of nitrogens with zero attached hydrogens (tertiary/aromatic N) is 3. The average Bonchev–Trinajstić information content (AvgIpc) is 3.03. The van der Waals surface area contributed by atoms with Gasteiger partial charge in [0.05, 0.1) is 12.1 Å². The number of aliphatic hydroxyl groups is 1. The lowest BCUT2D eigenvalue weighted by Crippen LogP contribution is -2.40. The fourth-order valence-corrected chi connectivity index (χ4v) is 3.23. The van der Waals surface area contributed by atoms with Gasteiger partial charge >= 0.3 is 0 Å². The van der Waals surface area contributed by atoms with E-state index < -0.39 is 0 Å². The Bertz CT molecular complexity index is 612. The van der Waals surface area contributed by atoms with Crippen LogP contribution in [-0.4, -0.2) is 39.3 Å². The number of aliphatic hydroxyl groups excluding tert-OH is 1. The van der Waals surface area contributed by atoms with Crippen LogP contribution in [-0.2, 0) is 6.42 Å². The standard InChI is InChI=1S/C18H25N3O2/c1-13(21-10-6-9-16(12-21)14(2)22)18-19-17(20-23-18)11-15-7-4-3-5-8-15/h3-5,7-8,13-14,16,22H,6,9-12H2,1-2H3. The molecular weight excluding hydrogens is 290 g/mol. The highest BCUT2D eigenvalue weighted by Gasteiger charge is 2.29. The topological polar surface area (TPSA) is 62.4 Å². The predicted octanol–water partition coefficient (Wildman–Crippen LogP) is 2.81. The van der Waals surface area contributed by atoms with Gasteiger partial charge in [0.2, 0.25) is 5.89 Å². The summed E-state index contributed by atoms with van der Waals surface area (Å²) in [6.45, 7) is 5.88. The quantitative estimate of drug-likeness (QED) is 0.919. The van der Waals surface area contributed by atoms with E-state index in [9.17, 15) is 5.11 Å². The van der Waals surface area contributed by atoms with E-state index in [1.165, 1.54) is 5.56 Å². The second kappa shape index (κ2) is 7.23. The molecule has 5 nitrogen and oxygen atoms in total. The van der Waals surface area contributed by atoms with Crippen LogP contribution in [0.2, 0.25) is 0 Å². The van der Waals surface area contributed by atoms with Gasteiger partial charge in [-0.1, -0.05) is 35.5 Å². The molecule has 1 aliphatic heterocycles. The van der Waals surface area contributed by atoms with E-state index in [4.69, 9.17) is 4.52 Å². The average molecular weight is 315 g/mol. The van der Waals surface area contributed by atoms with Gasteiger partial charge in [-0.05, 0) is 44.7 Å². The highest BCUT2D eigenvalue weighted by Crippen LogP contribution is 2.27. The molecule has 0 aliphatic carbocycles. The lowest BCUT2D eigenvalue weighted by atomic mass is 9.92. The van der Waals surface area contributed by atoms with Crippen molar-refractivity contribution in [1.82, 2.24) is 15.0 Å². The van der Waals surface area contributed by atoms with Gasteiger partial charge in [-0.2, -0.15) is 4.98 Å². The van der Waals surface area contributed by atoms with Crippen LogP contribution in [0.15, 0.2) is 34.9 Å². The molecule has 1 fully saturated rings. The minimum absolute atomic E-state index is 0.0913. The summed E-state index contributed by atoms with van der Waals surface area (Å²) in [5.41, 5.74) is 1.18. The van der Waals surface area contributed by atoms with Crippen molar-refractivity contribution < 1.29 is 9.63 Å². The summed E-state index contributed by atoms with van der Waals surface area (Å²) in [6, 6.07) is 10.3. The van der Waals surface area contributed by atoms with Gasteiger partial charge < -0.3 is 9.63 Å². The Morgan fingerprint density at radius 1 is 1.30 bits per heavy atom. The third-order valence-corrected chi connectivity index (χ3v) is 4.77. The van der Waals surface area contributed by atoms with Gasteiger partial charge in [0.25, 0.3) is 0 Å². The molecule has 3 rings (SSSR count). The summed E-state index contributed by atoms with van der Waals surface area (Å²) in [4.78, 5) is 6.90. The predicted molar refractivity (Wildman–Crippen MR) is 87.9 cm³/mol. The molecule has 1 aromatic carbocycles. The van der Waals surface area contributed by atoms with E-state index in [1.807, 2.05) is 25.1 Å². The molecule has 1 saturated heterocycles. The van der Waals surface area contributed by atoms with E-state index in [0.29, 0.717) is 18.2 Å². The van der Waals surface area contributed by atoms with E-state index in [0.717, 1.165) is 31.8 Å². The molecule has 1 N–H and O–H groups in total. The van der Waals surface area contributed by atoms with Crippen LogP contribution >= 0.6 is 0 Å². The van der Waals surface area contributed by atoms with Crippen molar-refractivity contribution in [2.45, 2.75) is 45.3 Å². The van der Waals surface area contributed by atoms with Crippen LogP contribution in [0.5, 0.6) is 0 Å². The maximum Gasteiger partial charge on any atom is 0.243 e. The molecular formula is C18H25N3O2. The third kappa shape index (κ3) is 3.98. The Morgan fingerprint density at radius 2 is 2.09 bits per heavy atom. The van der Waals surface area contributed by atoms with E-state index in [2.05, 4.69) is 34.1 Å². The molecule has 2 aromatic rings. The number of piperidine rings is 1. The van der Waals surface area contributed by atoms with Gasteiger partial charge in [0.15, 0.2) is 5.82 Å². The molecule has 1 aromatic heterocycles. The van der Waals surface area contributed by atoms with Gasteiger partial charge in [-0.15, -0.1) is 0 Å². The number of hydrogen-bond donors (Lipinski definition) is 1. The van der Waals surface area contributed by atoms with Crippen LogP contribution in [0, 0.1) is 5.92 Å². The van der Waals surface area contributed by atoms with Crippen molar-refractivity contribution in [1.29, 1.82) is 0 Å². The Hall–Kier alpha value is -1.72. The molecule has 0 radical (unpaired) electrons. The molecule has 0 spiro atoms. The maximum atomic E-state index is 9.84. The minimum atomic E-state index is -0.263. The summed E-state index contributed by atoms with van der Waals surface area (Å²) in [6.07, 6.45) is 2.61. The summed E-state index contributed by atoms with van der Waals surface area (Å²) < 4.78 is 5.48. The van der Waals surface area contributed by atoms with Crippen molar-refractivity contribution in [2.75, 3.05) is 13.1 Å². The third-order valence-electron chi connectivity index (χ3n) is 4.77. The second-order valence-electron chi connectivity index (χ2n) is 6.53. The zero-order chi connectivity index (χ0) is 16.2. The molecule has 23 heavy (non-hydrogen) atoms. The highest BCUT2D eigenvalue weighted by molar-refractivity contribution is 5.18. The summed E-state index contributed by atoms with van der Waals surface area (Å²) in [7, 11) is 0. The number of benzene rings is 1. The molecule has 2 heterocycles. The van der Waals surface area contributed by atoms with Gasteiger partial charge in [0.1, 0.15) is 0 Å². The Balaban J connectivity index is 1.65. The summed E-state index contributed by atoms with van der Waals surface area (Å²) >= 11 is 0. The largest absolute Gasteiger partial charge is 0.393 e. The van der Waals surface area contributed by atoms with Gasteiger partial charge in [-0.3, -0.25) is 4.90 Å². The molecule has 5 heteroatoms. The smallest absolute Gasteiger partial charge is 0.243 e. The van der Waals surface area contributed by atoms with Crippen molar-refractivity contribution in [3.63, 3.8) is 0 Å². The van der Waals surface area contributed by atoms with Crippen molar-refractivity contribution in [3.8, 4) is 0 Å². The van der Waals surface area contributed by atoms with Crippen LogP contribution in [0.25, 0.3) is 0 Å². The Kier molecular flexibility index (Phi) is 5.08. The molecule has 3 unspecified atom stereocenters. The van der Waals surface area contributed by atoms with Crippen molar-refractivity contribution in [3.05, 3.63) is 47.6 Å². The van der Waals surface area contributed by atoms with Gasteiger partial charge in [0, 0.05) is 13.0 Å². The zero-order valence-corrected chi connectivity index (χ0v) is 13.9. The van der Waals surface area contributed by atoms with E-state index in [1.54, 1.807) is 0 Å². The lowest BCUT2D eigenvalue weighted by molar-refractivity contribution is 0.0403. The number of rotatable bonds is 5. The SMILES string of the molecule is CC(O)C1CCCN(C(C)c2nc(Cc3ccccc3)no2)C1. The molecule has 1 aliphatic rings.